The van der Waals surface area contributed by atoms with Gasteiger partial charge in [0.2, 0.25) is 5.82 Å². The first kappa shape index (κ1) is 32.0. The van der Waals surface area contributed by atoms with Crippen molar-refractivity contribution >= 4 is 55.7 Å². The first-order valence-electron chi connectivity index (χ1n) is 13.8. The Bertz CT molecular complexity index is 2560. The zero-order valence-electron chi connectivity index (χ0n) is 23.8. The molecule has 246 valence electrons. The summed E-state index contributed by atoms with van der Waals surface area (Å²) in [7, 11) is -2.43. The molecule has 0 bridgehead atoms. The minimum Gasteiger partial charge on any atom is -0.521 e. The van der Waals surface area contributed by atoms with Gasteiger partial charge in [-0.25, -0.2) is 48.3 Å². The van der Waals surface area contributed by atoms with E-state index >= 15 is 22.0 Å². The van der Waals surface area contributed by atoms with Gasteiger partial charge < -0.3 is 9.31 Å². The number of hydrogen-bond donors (Lipinski definition) is 0. The summed E-state index contributed by atoms with van der Waals surface area (Å²) in [4.78, 5) is 0. The molecule has 15 heteroatoms. The van der Waals surface area contributed by atoms with E-state index in [1.807, 2.05) is 0 Å². The van der Waals surface area contributed by atoms with Crippen molar-refractivity contribution in [1.29, 1.82) is 0 Å². The van der Waals surface area contributed by atoms with Gasteiger partial charge in [-0.05, 0) is 41.1 Å². The molecule has 2 nitrogen and oxygen atoms in total. The van der Waals surface area contributed by atoms with Gasteiger partial charge in [0.25, 0.3) is 0 Å². The van der Waals surface area contributed by atoms with E-state index in [-0.39, 0.29) is 5.39 Å². The molecule has 49 heavy (non-hydrogen) atoms. The number of hydrogen-bond acceptors (Lipinski definition) is 2. The van der Waals surface area contributed by atoms with Crippen LogP contribution in [0, 0.1) is 69.8 Å². The van der Waals surface area contributed by atoms with Crippen LogP contribution >= 0.6 is 0 Å². The normalized spacial score (nSPS) is 11.7. The lowest BCUT2D eigenvalue weighted by Crippen LogP contribution is -2.43. The van der Waals surface area contributed by atoms with Crippen molar-refractivity contribution in [2.45, 2.75) is 0 Å². The molecule has 0 heterocycles. The molecule has 0 radical (unpaired) electrons. The van der Waals surface area contributed by atoms with Crippen molar-refractivity contribution < 1.29 is 62.0 Å². The number of rotatable bonds is 5. The van der Waals surface area contributed by atoms with Crippen molar-refractivity contribution in [3.05, 3.63) is 137 Å². The summed E-state index contributed by atoms with van der Waals surface area (Å²) < 4.78 is 190. The summed E-state index contributed by atoms with van der Waals surface area (Å²) in [6, 6.07) is 8.84. The van der Waals surface area contributed by atoms with E-state index in [0.717, 1.165) is 48.5 Å². The van der Waals surface area contributed by atoms with E-state index in [1.165, 1.54) is 0 Å². The molecule has 0 saturated carbocycles. The summed E-state index contributed by atoms with van der Waals surface area (Å²) in [5.41, 5.74) is -0.611. The maximum atomic E-state index is 15.6. The van der Waals surface area contributed by atoms with Crippen LogP contribution in [0.5, 0.6) is 11.5 Å². The number of halogens is 12. The molecule has 0 atom stereocenters. The van der Waals surface area contributed by atoms with Crippen LogP contribution in [0.25, 0.3) is 43.1 Å². The second kappa shape index (κ2) is 11.5. The fraction of sp³-hybridized carbons (Fsp3) is 0. The van der Waals surface area contributed by atoms with E-state index in [9.17, 15) is 30.7 Å². The first-order valence-corrected chi connectivity index (χ1v) is 13.8. The van der Waals surface area contributed by atoms with Gasteiger partial charge >= 0.3 is 7.12 Å². The molecule has 0 aliphatic rings. The molecule has 7 aromatic carbocycles. The van der Waals surface area contributed by atoms with Gasteiger partial charge in [0.05, 0.1) is 21.5 Å². The summed E-state index contributed by atoms with van der Waals surface area (Å²) >= 11 is 0. The summed E-state index contributed by atoms with van der Waals surface area (Å²) in [6.07, 6.45) is 0. The summed E-state index contributed by atoms with van der Waals surface area (Å²) in [5, 5.41) is -6.77. The smallest absolute Gasteiger partial charge is 0.521 e. The molecule has 0 saturated heterocycles. The lowest BCUT2D eigenvalue weighted by Gasteiger charge is -2.22. The van der Waals surface area contributed by atoms with Gasteiger partial charge in [0, 0.05) is 22.3 Å². The van der Waals surface area contributed by atoms with Gasteiger partial charge in [-0.3, -0.25) is 0 Å². The fourth-order valence-electron chi connectivity index (χ4n) is 5.71. The Hall–Kier alpha value is -5.60. The highest BCUT2D eigenvalue weighted by atomic mass is 19.2. The predicted molar refractivity (Wildman–Crippen MR) is 155 cm³/mol. The molecule has 0 aromatic heterocycles. The van der Waals surface area contributed by atoms with Crippen molar-refractivity contribution in [1.82, 2.24) is 0 Å². The monoisotopic (exact) mass is 690 g/mol. The second-order valence-electron chi connectivity index (χ2n) is 10.7. The number of benzene rings is 7. The van der Waals surface area contributed by atoms with Crippen LogP contribution in [0.1, 0.15) is 0 Å². The molecule has 0 unspecified atom stereocenters. The maximum Gasteiger partial charge on any atom is 0.633 e. The van der Waals surface area contributed by atoms with Crippen molar-refractivity contribution in [2.75, 3.05) is 0 Å². The van der Waals surface area contributed by atoms with Gasteiger partial charge in [-0.1, -0.05) is 30.3 Å². The highest BCUT2D eigenvalue weighted by molar-refractivity contribution is 6.66. The van der Waals surface area contributed by atoms with E-state index in [1.54, 1.807) is 0 Å². The van der Waals surface area contributed by atoms with Crippen molar-refractivity contribution in [2.24, 2.45) is 0 Å². The Labute approximate surface area is 265 Å². The van der Waals surface area contributed by atoms with Crippen LogP contribution in [0.2, 0.25) is 0 Å². The molecule has 0 aliphatic carbocycles. The average Bonchev–Trinajstić information content (AvgIpc) is 3.06. The Balaban J connectivity index is 1.54. The van der Waals surface area contributed by atoms with Crippen LogP contribution in [0.3, 0.4) is 0 Å². The Kier molecular flexibility index (Phi) is 7.52. The minimum absolute atomic E-state index is 0.293. The summed E-state index contributed by atoms with van der Waals surface area (Å²) in [6.45, 7) is 0. The molecular formula is C34H11BF12O2. The van der Waals surface area contributed by atoms with Crippen molar-refractivity contribution in [3.63, 3.8) is 0 Å². The number of fused-ring (bicyclic) bond motifs is 4. The average molecular weight is 690 g/mol. The van der Waals surface area contributed by atoms with Crippen LogP contribution in [0.15, 0.2) is 66.7 Å². The van der Waals surface area contributed by atoms with Gasteiger partial charge in [0.1, 0.15) is 40.6 Å². The van der Waals surface area contributed by atoms with E-state index < -0.39 is 132 Å². The molecule has 0 fully saturated rings. The Morgan fingerprint density at radius 2 is 1.06 bits per heavy atom. The summed E-state index contributed by atoms with van der Waals surface area (Å²) in [5.74, 6) is -23.9. The van der Waals surface area contributed by atoms with Gasteiger partial charge in [0.15, 0.2) is 34.9 Å². The SMILES string of the molecule is Fc1cc(F)c2c(F)ccc(B(Oc3c(F)c(F)c(F)c4c(F)c5c(F)cccc5cc34)Oc3cccc4c(F)c(F)c(F)c(F)c34)c2c1. The predicted octanol–water partition coefficient (Wildman–Crippen LogP) is 9.82. The highest BCUT2D eigenvalue weighted by Gasteiger charge is 2.36. The molecule has 0 aliphatic heterocycles. The maximum absolute atomic E-state index is 15.6. The molecular weight excluding hydrogens is 679 g/mol. The Morgan fingerprint density at radius 3 is 1.82 bits per heavy atom. The van der Waals surface area contributed by atoms with E-state index in [0.29, 0.717) is 18.2 Å². The minimum atomic E-state index is -2.43. The Morgan fingerprint density at radius 1 is 0.408 bits per heavy atom. The zero-order chi connectivity index (χ0) is 35.0. The second-order valence-corrected chi connectivity index (χ2v) is 10.7. The van der Waals surface area contributed by atoms with Crippen molar-refractivity contribution in [3.8, 4) is 11.5 Å². The zero-order valence-corrected chi connectivity index (χ0v) is 23.8. The third-order valence-corrected chi connectivity index (χ3v) is 7.89. The third kappa shape index (κ3) is 4.86. The molecule has 0 N–H and O–H groups in total. The fourth-order valence-corrected chi connectivity index (χ4v) is 5.71. The van der Waals surface area contributed by atoms with Gasteiger partial charge in [-0.15, -0.1) is 0 Å². The largest absolute Gasteiger partial charge is 0.633 e. The highest BCUT2D eigenvalue weighted by Crippen LogP contribution is 2.40. The standard InChI is InChI=1S/C34H11BF12O2/c36-13-10-15-17(7-8-19(38)23(15)20(39)11-13)35(48-21-6-2-4-14-24(21)28(42)31(45)30(44)26(14)40)49-34-16-9-12-3-1-5-18(37)22(12)27(41)25(16)29(43)32(46)33(34)47/h1-11H. The third-order valence-electron chi connectivity index (χ3n) is 7.89. The molecule has 7 aromatic rings. The lowest BCUT2D eigenvalue weighted by molar-refractivity contribution is 0.394. The lowest BCUT2D eigenvalue weighted by atomic mass is 9.75. The van der Waals surface area contributed by atoms with Crippen LogP contribution in [-0.2, 0) is 0 Å². The van der Waals surface area contributed by atoms with Crippen LogP contribution in [-0.4, -0.2) is 7.12 Å². The quantitative estimate of drug-likeness (QED) is 0.0589. The van der Waals surface area contributed by atoms with Gasteiger partial charge in [-0.2, -0.15) is 4.39 Å². The first-order chi connectivity index (χ1) is 23.3. The van der Waals surface area contributed by atoms with E-state index in [4.69, 9.17) is 9.31 Å². The molecule has 0 spiro atoms. The van der Waals surface area contributed by atoms with Crippen LogP contribution < -0.4 is 14.8 Å². The molecule has 7 rings (SSSR count). The topological polar surface area (TPSA) is 18.5 Å². The molecule has 0 amide bonds. The van der Waals surface area contributed by atoms with E-state index in [2.05, 4.69) is 0 Å². The van der Waals surface area contributed by atoms with Crippen LogP contribution in [0.4, 0.5) is 52.7 Å².